The van der Waals surface area contributed by atoms with Crippen LogP contribution < -0.4 is 4.72 Å². The molecule has 5 nitrogen and oxygen atoms in total. The maximum absolute atomic E-state index is 11.9. The number of nitrogens with one attached hydrogen (secondary N) is 1. The molecule has 1 aromatic rings. The molecule has 1 unspecified atom stereocenters. The fourth-order valence-electron chi connectivity index (χ4n) is 1.10. The van der Waals surface area contributed by atoms with Gasteiger partial charge in [0.25, 0.3) is 10.0 Å². The van der Waals surface area contributed by atoms with Crippen molar-refractivity contribution in [3.8, 4) is 0 Å². The van der Waals surface area contributed by atoms with Gasteiger partial charge < -0.3 is 5.11 Å². The molecule has 1 heterocycles. The molecule has 0 amide bonds. The molecule has 0 saturated heterocycles. The molecule has 0 aliphatic rings. The Morgan fingerprint density at radius 3 is 2.41 bits per heavy atom. The topological polar surface area (TPSA) is 79.3 Å². The SMILES string of the molecule is CC(C)C(C)NS(=O)(=O)c1ccc(CO)cn1. The standard InChI is InChI=1S/C11H18N2O3S/c1-8(2)9(3)13-17(15,16)11-5-4-10(7-14)6-12-11/h4-6,8-9,13-14H,7H2,1-3H3. The van der Waals surface area contributed by atoms with Crippen LogP contribution in [0, 0.1) is 5.92 Å². The van der Waals surface area contributed by atoms with Crippen LogP contribution in [0.3, 0.4) is 0 Å². The molecule has 1 rings (SSSR count). The smallest absolute Gasteiger partial charge is 0.258 e. The maximum atomic E-state index is 11.9. The van der Waals surface area contributed by atoms with E-state index in [0.717, 1.165) is 0 Å². The molecular formula is C11H18N2O3S. The van der Waals surface area contributed by atoms with E-state index in [0.29, 0.717) is 5.56 Å². The van der Waals surface area contributed by atoms with Crippen molar-refractivity contribution in [2.24, 2.45) is 5.92 Å². The minimum Gasteiger partial charge on any atom is -0.392 e. The Kier molecular flexibility index (Phi) is 4.62. The highest BCUT2D eigenvalue weighted by Crippen LogP contribution is 2.09. The summed E-state index contributed by atoms with van der Waals surface area (Å²) in [5.74, 6) is 0.210. The van der Waals surface area contributed by atoms with Crippen LogP contribution in [0.5, 0.6) is 0 Å². The number of aliphatic hydroxyl groups is 1. The summed E-state index contributed by atoms with van der Waals surface area (Å²) in [6, 6.07) is 2.78. The zero-order valence-electron chi connectivity index (χ0n) is 10.2. The number of rotatable bonds is 5. The van der Waals surface area contributed by atoms with E-state index in [1.807, 2.05) is 20.8 Å². The molecule has 17 heavy (non-hydrogen) atoms. The van der Waals surface area contributed by atoms with Gasteiger partial charge in [0, 0.05) is 12.2 Å². The first kappa shape index (κ1) is 14.1. The van der Waals surface area contributed by atoms with Gasteiger partial charge in [0.15, 0.2) is 5.03 Å². The van der Waals surface area contributed by atoms with E-state index in [4.69, 9.17) is 5.11 Å². The van der Waals surface area contributed by atoms with E-state index >= 15 is 0 Å². The van der Waals surface area contributed by atoms with Crippen LogP contribution in [-0.4, -0.2) is 24.6 Å². The Labute approximate surface area is 102 Å². The molecule has 6 heteroatoms. The van der Waals surface area contributed by atoms with Gasteiger partial charge in [-0.05, 0) is 24.5 Å². The highest BCUT2D eigenvalue weighted by Gasteiger charge is 2.20. The Hall–Kier alpha value is -0.980. The lowest BCUT2D eigenvalue weighted by Crippen LogP contribution is -2.36. The molecule has 0 bridgehead atoms. The van der Waals surface area contributed by atoms with E-state index in [-0.39, 0.29) is 23.6 Å². The summed E-state index contributed by atoms with van der Waals surface area (Å²) in [4.78, 5) is 3.82. The zero-order chi connectivity index (χ0) is 13.1. The minimum absolute atomic E-state index is 0.0257. The second kappa shape index (κ2) is 5.57. The summed E-state index contributed by atoms with van der Waals surface area (Å²) in [7, 11) is -3.57. The van der Waals surface area contributed by atoms with Gasteiger partial charge in [-0.15, -0.1) is 0 Å². The van der Waals surface area contributed by atoms with Gasteiger partial charge >= 0.3 is 0 Å². The van der Waals surface area contributed by atoms with Crippen LogP contribution in [0.4, 0.5) is 0 Å². The second-order valence-corrected chi connectivity index (χ2v) is 5.98. The molecule has 1 aromatic heterocycles. The average molecular weight is 258 g/mol. The van der Waals surface area contributed by atoms with Crippen LogP contribution in [-0.2, 0) is 16.6 Å². The number of nitrogens with zero attached hydrogens (tertiary/aromatic N) is 1. The van der Waals surface area contributed by atoms with E-state index < -0.39 is 10.0 Å². The van der Waals surface area contributed by atoms with Crippen molar-refractivity contribution in [3.63, 3.8) is 0 Å². The first-order valence-corrected chi connectivity index (χ1v) is 6.93. The molecule has 0 aromatic carbocycles. The second-order valence-electron chi connectivity index (χ2n) is 4.32. The summed E-state index contributed by atoms with van der Waals surface area (Å²) in [5, 5.41) is 8.82. The van der Waals surface area contributed by atoms with E-state index in [1.165, 1.54) is 12.3 Å². The predicted molar refractivity (Wildman–Crippen MR) is 64.8 cm³/mol. The molecule has 96 valence electrons. The fourth-order valence-corrected chi connectivity index (χ4v) is 2.43. The highest BCUT2D eigenvalue weighted by atomic mass is 32.2. The van der Waals surface area contributed by atoms with Gasteiger partial charge in [0.2, 0.25) is 0 Å². The third kappa shape index (κ3) is 3.76. The number of hydrogen-bond acceptors (Lipinski definition) is 4. The first-order chi connectivity index (χ1) is 7.86. The Bertz CT molecular complexity index is 454. The molecule has 0 saturated carbocycles. The number of pyridine rings is 1. The summed E-state index contributed by atoms with van der Waals surface area (Å²) < 4.78 is 26.4. The summed E-state index contributed by atoms with van der Waals surface area (Å²) in [6.07, 6.45) is 1.36. The van der Waals surface area contributed by atoms with Crippen molar-refractivity contribution in [1.82, 2.24) is 9.71 Å². The van der Waals surface area contributed by atoms with Crippen molar-refractivity contribution in [2.75, 3.05) is 0 Å². The lowest BCUT2D eigenvalue weighted by molar-refractivity contribution is 0.281. The monoisotopic (exact) mass is 258 g/mol. The van der Waals surface area contributed by atoms with Crippen LogP contribution in [0.15, 0.2) is 23.4 Å². The van der Waals surface area contributed by atoms with E-state index in [9.17, 15) is 8.42 Å². The van der Waals surface area contributed by atoms with E-state index in [1.54, 1.807) is 6.07 Å². The molecule has 0 fully saturated rings. The highest BCUT2D eigenvalue weighted by molar-refractivity contribution is 7.89. The predicted octanol–water partition coefficient (Wildman–Crippen LogP) is 0.897. The zero-order valence-corrected chi connectivity index (χ0v) is 11.0. The quantitative estimate of drug-likeness (QED) is 0.822. The minimum atomic E-state index is -3.57. The van der Waals surface area contributed by atoms with Gasteiger partial charge in [-0.1, -0.05) is 19.9 Å². The van der Waals surface area contributed by atoms with Gasteiger partial charge in [0.05, 0.1) is 6.61 Å². The molecule has 0 radical (unpaired) electrons. The molecule has 0 aliphatic carbocycles. The molecule has 1 atom stereocenters. The largest absolute Gasteiger partial charge is 0.392 e. The summed E-state index contributed by atoms with van der Waals surface area (Å²) >= 11 is 0. The third-order valence-corrected chi connectivity index (χ3v) is 4.07. The number of sulfonamides is 1. The van der Waals surface area contributed by atoms with Crippen LogP contribution in [0.2, 0.25) is 0 Å². The Balaban J connectivity index is 2.89. The normalized spacial score (nSPS) is 13.9. The summed E-state index contributed by atoms with van der Waals surface area (Å²) in [5.41, 5.74) is 0.584. The van der Waals surface area contributed by atoms with Gasteiger partial charge in [-0.25, -0.2) is 18.1 Å². The number of aliphatic hydroxyl groups excluding tert-OH is 1. The Morgan fingerprint density at radius 2 is 2.00 bits per heavy atom. The van der Waals surface area contributed by atoms with E-state index in [2.05, 4.69) is 9.71 Å². The average Bonchev–Trinajstić information content (AvgIpc) is 2.28. The van der Waals surface area contributed by atoms with Gasteiger partial charge in [-0.3, -0.25) is 0 Å². The van der Waals surface area contributed by atoms with Crippen LogP contribution in [0.1, 0.15) is 26.3 Å². The van der Waals surface area contributed by atoms with Crippen molar-refractivity contribution in [1.29, 1.82) is 0 Å². The third-order valence-electron chi connectivity index (χ3n) is 2.60. The van der Waals surface area contributed by atoms with Crippen molar-refractivity contribution in [3.05, 3.63) is 23.9 Å². The summed E-state index contributed by atoms with van der Waals surface area (Å²) in [6.45, 7) is 5.54. The number of aromatic nitrogens is 1. The first-order valence-electron chi connectivity index (χ1n) is 5.45. The molecule has 2 N–H and O–H groups in total. The van der Waals surface area contributed by atoms with Crippen molar-refractivity contribution >= 4 is 10.0 Å². The lowest BCUT2D eigenvalue weighted by atomic mass is 10.1. The van der Waals surface area contributed by atoms with Crippen molar-refractivity contribution in [2.45, 2.75) is 38.4 Å². The maximum Gasteiger partial charge on any atom is 0.258 e. The van der Waals surface area contributed by atoms with Crippen molar-refractivity contribution < 1.29 is 13.5 Å². The van der Waals surface area contributed by atoms with Gasteiger partial charge in [0.1, 0.15) is 0 Å². The fraction of sp³-hybridized carbons (Fsp3) is 0.545. The van der Waals surface area contributed by atoms with Crippen LogP contribution in [0.25, 0.3) is 0 Å². The lowest BCUT2D eigenvalue weighted by Gasteiger charge is -2.17. The Morgan fingerprint density at radius 1 is 1.35 bits per heavy atom. The number of hydrogen-bond donors (Lipinski definition) is 2. The molecule has 0 aliphatic heterocycles. The van der Waals surface area contributed by atoms with Gasteiger partial charge in [-0.2, -0.15) is 0 Å². The molecule has 0 spiro atoms. The van der Waals surface area contributed by atoms with Crippen LogP contribution >= 0.6 is 0 Å². The molecular weight excluding hydrogens is 240 g/mol.